The molecule has 0 aromatic carbocycles. The topological polar surface area (TPSA) is 80.7 Å². The van der Waals surface area contributed by atoms with Crippen LogP contribution in [0.1, 0.15) is 13.3 Å². The number of sulfone groups is 1. The lowest BCUT2D eigenvalue weighted by Crippen LogP contribution is -2.16. The van der Waals surface area contributed by atoms with E-state index in [9.17, 15) is 18.3 Å². The van der Waals surface area contributed by atoms with Crippen LogP contribution in [0.2, 0.25) is 0 Å². The summed E-state index contributed by atoms with van der Waals surface area (Å²) in [6, 6.07) is 0. The molecule has 0 fully saturated rings. The van der Waals surface area contributed by atoms with Crippen LogP contribution in [0.5, 0.6) is 0 Å². The Morgan fingerprint density at radius 1 is 1.53 bits per heavy atom. The average molecular weight is 296 g/mol. The van der Waals surface area contributed by atoms with Crippen LogP contribution in [0.4, 0.5) is 0 Å². The summed E-state index contributed by atoms with van der Waals surface area (Å²) >= 11 is 1.84. The van der Waals surface area contributed by atoms with Crippen molar-refractivity contribution in [1.29, 1.82) is 0 Å². The number of aliphatic hydroxyl groups excluding tert-OH is 1. The quantitative estimate of drug-likeness (QED) is 0.627. The van der Waals surface area contributed by atoms with Crippen molar-refractivity contribution in [2.24, 2.45) is 0 Å². The molecule has 0 aliphatic carbocycles. The largest absolute Gasteiger partial charge is 0.501 e. The molecule has 96 valence electrons. The summed E-state index contributed by atoms with van der Waals surface area (Å²) in [6.07, 6.45) is 1.56. The first kappa shape index (κ1) is 14.5. The smallest absolute Gasteiger partial charge is 0.351 e. The fourth-order valence-electron chi connectivity index (χ4n) is 0.993. The van der Waals surface area contributed by atoms with Gasteiger partial charge >= 0.3 is 5.97 Å². The number of esters is 1. The summed E-state index contributed by atoms with van der Waals surface area (Å²) in [5, 5.41) is 10.5. The van der Waals surface area contributed by atoms with Gasteiger partial charge in [-0.25, -0.2) is 13.2 Å². The zero-order valence-electron chi connectivity index (χ0n) is 9.30. The predicted molar refractivity (Wildman–Crippen MR) is 69.0 cm³/mol. The van der Waals surface area contributed by atoms with Crippen molar-refractivity contribution in [2.45, 2.75) is 13.3 Å². The molecule has 5 nitrogen and oxygen atoms in total. The number of carbonyl (C=O) groups excluding carboxylic acids is 1. The molecule has 0 radical (unpaired) electrons. The number of carbonyl (C=O) groups is 1. The molecule has 1 aliphatic heterocycles. The summed E-state index contributed by atoms with van der Waals surface area (Å²) in [5.74, 6) is -0.868. The number of hydrogen-bond donors (Lipinski definition) is 1. The maximum Gasteiger partial charge on any atom is 0.351 e. The highest BCUT2D eigenvalue weighted by atomic mass is 32.2. The highest BCUT2D eigenvalue weighted by Gasteiger charge is 2.30. The van der Waals surface area contributed by atoms with Crippen LogP contribution in [0.25, 0.3) is 0 Å². The summed E-state index contributed by atoms with van der Waals surface area (Å²) in [5.41, 5.74) is 0. The molecule has 0 amide bonds. The molecule has 0 aromatic rings. The van der Waals surface area contributed by atoms with Crippen molar-refractivity contribution in [2.75, 3.05) is 12.9 Å². The van der Waals surface area contributed by atoms with Gasteiger partial charge in [0.15, 0.2) is 19.8 Å². The zero-order chi connectivity index (χ0) is 13.1. The Morgan fingerprint density at radius 3 is 2.59 bits per heavy atom. The second kappa shape index (κ2) is 5.83. The minimum absolute atomic E-state index is 0.0329. The molecule has 0 saturated carbocycles. The van der Waals surface area contributed by atoms with Crippen molar-refractivity contribution in [3.8, 4) is 0 Å². The molecule has 0 unspecified atom stereocenters. The number of thioether (sulfide) groups is 2. The number of rotatable bonds is 4. The van der Waals surface area contributed by atoms with E-state index in [1.807, 2.05) is 6.92 Å². The highest BCUT2D eigenvalue weighted by molar-refractivity contribution is 8.28. The van der Waals surface area contributed by atoms with E-state index in [4.69, 9.17) is 4.74 Å². The Hall–Kier alpha value is -0.600. The third-order valence-electron chi connectivity index (χ3n) is 1.64. The van der Waals surface area contributed by atoms with Crippen LogP contribution < -0.4 is 0 Å². The minimum atomic E-state index is -3.68. The molecule has 8 heteroatoms. The van der Waals surface area contributed by atoms with E-state index in [0.29, 0.717) is 6.42 Å². The number of aliphatic hydroxyl groups is 1. The molecule has 1 rings (SSSR count). The van der Waals surface area contributed by atoms with Gasteiger partial charge in [-0.2, -0.15) is 0 Å². The predicted octanol–water partition coefficient (Wildman–Crippen LogP) is 1.99. The van der Waals surface area contributed by atoms with Crippen LogP contribution in [-0.2, 0) is 19.4 Å². The molecular weight excluding hydrogens is 284 g/mol. The number of ether oxygens (including phenoxy) is 1. The Labute approximate surface area is 108 Å². The van der Waals surface area contributed by atoms with Gasteiger partial charge in [0, 0.05) is 11.7 Å². The minimum Gasteiger partial charge on any atom is -0.501 e. The molecule has 0 bridgehead atoms. The lowest BCUT2D eigenvalue weighted by atomic mass is 10.5. The van der Waals surface area contributed by atoms with E-state index < -0.39 is 15.8 Å². The lowest BCUT2D eigenvalue weighted by Gasteiger charge is -2.07. The second-order valence-electron chi connectivity index (χ2n) is 3.20. The summed E-state index contributed by atoms with van der Waals surface area (Å²) in [6.45, 7) is 1.98. The maximum atomic E-state index is 11.7. The van der Waals surface area contributed by atoms with E-state index in [1.54, 1.807) is 0 Å². The van der Waals surface area contributed by atoms with Crippen LogP contribution >= 0.6 is 23.5 Å². The summed E-state index contributed by atoms with van der Waals surface area (Å²) in [4.78, 5) is 11.3. The molecule has 1 N–H and O–H groups in total. The van der Waals surface area contributed by atoms with Gasteiger partial charge in [-0.3, -0.25) is 0 Å². The number of hydrogen-bond acceptors (Lipinski definition) is 7. The fourth-order valence-corrected chi connectivity index (χ4v) is 4.53. The van der Waals surface area contributed by atoms with Crippen molar-refractivity contribution in [3.63, 3.8) is 0 Å². The van der Waals surface area contributed by atoms with Gasteiger partial charge in [0.05, 0.1) is 10.8 Å². The third kappa shape index (κ3) is 3.97. The zero-order valence-corrected chi connectivity index (χ0v) is 11.7. The molecule has 1 aliphatic rings. The van der Waals surface area contributed by atoms with Crippen LogP contribution in [0.3, 0.4) is 0 Å². The fraction of sp³-hybridized carbons (Fsp3) is 0.444. The molecule has 0 atom stereocenters. The van der Waals surface area contributed by atoms with Gasteiger partial charge in [0.2, 0.25) is 0 Å². The van der Waals surface area contributed by atoms with Crippen molar-refractivity contribution in [1.82, 2.24) is 0 Å². The van der Waals surface area contributed by atoms with Crippen LogP contribution in [0, 0.1) is 0 Å². The maximum absolute atomic E-state index is 11.7. The molecule has 1 heterocycles. The van der Waals surface area contributed by atoms with Crippen LogP contribution in [0.15, 0.2) is 19.6 Å². The Balaban J connectivity index is 3.03. The molecule has 17 heavy (non-hydrogen) atoms. The Morgan fingerprint density at radius 2 is 2.18 bits per heavy atom. The standard InChI is InChI=1S/C9H12O5S3/c1-3-4-14-8(11)7(17(2,12)13)9-15-5-6(10)16-9/h5,10H,3-4H2,1-2H3/b9-7-. The first-order chi connectivity index (χ1) is 7.86. The van der Waals surface area contributed by atoms with E-state index in [0.717, 1.165) is 29.8 Å². The first-order valence-corrected chi connectivity index (χ1v) is 8.30. The Kier molecular flexibility index (Phi) is 4.96. The lowest BCUT2D eigenvalue weighted by molar-refractivity contribution is -0.138. The molecule has 0 aromatic heterocycles. The average Bonchev–Trinajstić information content (AvgIpc) is 2.59. The van der Waals surface area contributed by atoms with Gasteiger partial charge < -0.3 is 9.84 Å². The van der Waals surface area contributed by atoms with Gasteiger partial charge in [0.25, 0.3) is 0 Å². The summed E-state index contributed by atoms with van der Waals surface area (Å²) < 4.78 is 28.1. The van der Waals surface area contributed by atoms with Gasteiger partial charge in [-0.1, -0.05) is 18.7 Å². The third-order valence-corrected chi connectivity index (χ3v) is 5.18. The molecule has 0 spiro atoms. The van der Waals surface area contributed by atoms with E-state index in [1.165, 1.54) is 5.41 Å². The van der Waals surface area contributed by atoms with Gasteiger partial charge in [-0.15, -0.1) is 0 Å². The van der Waals surface area contributed by atoms with E-state index >= 15 is 0 Å². The second-order valence-corrected chi connectivity index (χ2v) is 7.32. The Bertz CT molecular complexity index is 475. The normalized spacial score (nSPS) is 18.8. The van der Waals surface area contributed by atoms with Crippen LogP contribution in [-0.4, -0.2) is 32.4 Å². The summed E-state index contributed by atoms with van der Waals surface area (Å²) in [7, 11) is -3.68. The van der Waals surface area contributed by atoms with E-state index in [2.05, 4.69) is 0 Å². The van der Waals surface area contributed by atoms with Gasteiger partial charge in [-0.05, 0) is 18.2 Å². The monoisotopic (exact) mass is 296 g/mol. The molecular formula is C9H12O5S3. The van der Waals surface area contributed by atoms with Crippen molar-refractivity contribution in [3.05, 3.63) is 19.6 Å². The van der Waals surface area contributed by atoms with E-state index in [-0.39, 0.29) is 20.8 Å². The molecule has 0 saturated heterocycles. The van der Waals surface area contributed by atoms with Crippen molar-refractivity contribution >= 4 is 39.3 Å². The first-order valence-electron chi connectivity index (χ1n) is 4.71. The SMILES string of the molecule is CCCOC(=O)/C(=C1\SC=C(O)S1)S(C)(=O)=O. The highest BCUT2D eigenvalue weighted by Crippen LogP contribution is 2.45. The van der Waals surface area contributed by atoms with Gasteiger partial charge in [0.1, 0.15) is 0 Å². The van der Waals surface area contributed by atoms with Crippen molar-refractivity contribution < 1.29 is 23.1 Å².